The van der Waals surface area contributed by atoms with Crippen molar-refractivity contribution in [1.82, 2.24) is 10.2 Å². The number of carbonyl (C=O) groups is 1. The first kappa shape index (κ1) is 18.6. The Balaban J connectivity index is 1.91. The van der Waals surface area contributed by atoms with Crippen molar-refractivity contribution in [1.29, 1.82) is 0 Å². The van der Waals surface area contributed by atoms with Crippen LogP contribution in [0.15, 0.2) is 18.2 Å². The highest BCUT2D eigenvalue weighted by atomic mass is 16.5. The molecule has 0 aromatic heterocycles. The van der Waals surface area contributed by atoms with Crippen LogP contribution < -0.4 is 14.8 Å². The van der Waals surface area contributed by atoms with Crippen molar-refractivity contribution in [2.45, 2.75) is 45.2 Å². The van der Waals surface area contributed by atoms with E-state index >= 15 is 0 Å². The molecule has 0 aliphatic heterocycles. The standard InChI is InChI=1S/C19H30N2O3/c1-14-8-5-6-10-16(14)20-18(22)13-21(2)12-15-9-7-11-17(23-3)19(15)24-4/h7,9,11,14,16H,5-6,8,10,12-13H2,1-4H3,(H,20,22)/t14-,16+/m0/s1. The van der Waals surface area contributed by atoms with E-state index < -0.39 is 0 Å². The van der Waals surface area contributed by atoms with Crippen LogP contribution >= 0.6 is 0 Å². The Morgan fingerprint density at radius 2 is 2.00 bits per heavy atom. The van der Waals surface area contributed by atoms with Gasteiger partial charge in [0.2, 0.25) is 5.91 Å². The van der Waals surface area contributed by atoms with Gasteiger partial charge in [-0.3, -0.25) is 9.69 Å². The van der Waals surface area contributed by atoms with Crippen LogP contribution in [0, 0.1) is 5.92 Å². The summed E-state index contributed by atoms with van der Waals surface area (Å²) in [5, 5.41) is 3.20. The molecule has 1 aromatic carbocycles. The normalized spacial score (nSPS) is 20.7. The van der Waals surface area contributed by atoms with E-state index in [1.54, 1.807) is 14.2 Å². The molecule has 0 heterocycles. The maximum Gasteiger partial charge on any atom is 0.234 e. The van der Waals surface area contributed by atoms with Crippen LogP contribution in [0.1, 0.15) is 38.2 Å². The second-order valence-corrected chi connectivity index (χ2v) is 6.76. The molecule has 24 heavy (non-hydrogen) atoms. The minimum atomic E-state index is 0.0955. The van der Waals surface area contributed by atoms with Gasteiger partial charge in [0.1, 0.15) is 0 Å². The lowest BCUT2D eigenvalue weighted by Crippen LogP contribution is -2.44. The summed E-state index contributed by atoms with van der Waals surface area (Å²) >= 11 is 0. The Hall–Kier alpha value is -1.75. The number of nitrogens with one attached hydrogen (secondary N) is 1. The number of rotatable bonds is 7. The molecule has 0 saturated heterocycles. The molecule has 1 saturated carbocycles. The summed E-state index contributed by atoms with van der Waals surface area (Å²) < 4.78 is 10.8. The number of hydrogen-bond donors (Lipinski definition) is 1. The predicted octanol–water partition coefficient (Wildman–Crippen LogP) is 2.83. The number of hydrogen-bond acceptors (Lipinski definition) is 4. The van der Waals surface area contributed by atoms with Crippen LogP contribution in [-0.2, 0) is 11.3 Å². The summed E-state index contributed by atoms with van der Waals surface area (Å²) in [5.74, 6) is 2.11. The van der Waals surface area contributed by atoms with E-state index in [2.05, 4.69) is 12.2 Å². The van der Waals surface area contributed by atoms with E-state index in [4.69, 9.17) is 9.47 Å². The lowest BCUT2D eigenvalue weighted by Gasteiger charge is -2.30. The summed E-state index contributed by atoms with van der Waals surface area (Å²) in [6, 6.07) is 6.14. The van der Waals surface area contributed by atoms with Crippen molar-refractivity contribution in [3.05, 3.63) is 23.8 Å². The molecule has 1 aliphatic carbocycles. The van der Waals surface area contributed by atoms with Gasteiger partial charge in [-0.1, -0.05) is 31.9 Å². The summed E-state index contributed by atoms with van der Waals surface area (Å²) in [7, 11) is 5.21. The van der Waals surface area contributed by atoms with Crippen LogP contribution in [0.5, 0.6) is 11.5 Å². The van der Waals surface area contributed by atoms with E-state index in [1.165, 1.54) is 19.3 Å². The highest BCUT2D eigenvalue weighted by molar-refractivity contribution is 5.78. The Morgan fingerprint density at radius 3 is 2.67 bits per heavy atom. The predicted molar refractivity (Wildman–Crippen MR) is 95.4 cm³/mol. The van der Waals surface area contributed by atoms with Crippen LogP contribution in [0.25, 0.3) is 0 Å². The van der Waals surface area contributed by atoms with Crippen LogP contribution in [-0.4, -0.2) is 44.7 Å². The van der Waals surface area contributed by atoms with E-state index in [0.717, 1.165) is 17.7 Å². The molecule has 0 spiro atoms. The van der Waals surface area contributed by atoms with E-state index in [-0.39, 0.29) is 5.91 Å². The van der Waals surface area contributed by atoms with E-state index in [0.29, 0.717) is 30.8 Å². The first-order valence-corrected chi connectivity index (χ1v) is 8.73. The zero-order valence-electron chi connectivity index (χ0n) is 15.3. The van der Waals surface area contributed by atoms with Gasteiger partial charge in [0, 0.05) is 18.2 Å². The highest BCUT2D eigenvalue weighted by Crippen LogP contribution is 2.31. The third-order valence-corrected chi connectivity index (χ3v) is 4.80. The Morgan fingerprint density at radius 1 is 1.25 bits per heavy atom. The number of amides is 1. The fourth-order valence-corrected chi connectivity index (χ4v) is 3.45. The maximum atomic E-state index is 12.3. The summed E-state index contributed by atoms with van der Waals surface area (Å²) in [6.45, 7) is 3.24. The Kier molecular flexibility index (Phi) is 6.91. The molecule has 1 aliphatic rings. The minimum Gasteiger partial charge on any atom is -0.493 e. The van der Waals surface area contributed by atoms with Crippen LogP contribution in [0.2, 0.25) is 0 Å². The zero-order chi connectivity index (χ0) is 17.5. The molecule has 0 bridgehead atoms. The summed E-state index contributed by atoms with van der Waals surface area (Å²) in [6.07, 6.45) is 4.80. The largest absolute Gasteiger partial charge is 0.493 e. The summed E-state index contributed by atoms with van der Waals surface area (Å²) in [4.78, 5) is 14.3. The number of nitrogens with zero attached hydrogens (tertiary/aromatic N) is 1. The number of para-hydroxylation sites is 1. The average molecular weight is 334 g/mol. The molecular formula is C19H30N2O3. The van der Waals surface area contributed by atoms with Crippen molar-refractivity contribution < 1.29 is 14.3 Å². The molecule has 0 radical (unpaired) electrons. The number of benzene rings is 1. The third-order valence-electron chi connectivity index (χ3n) is 4.80. The monoisotopic (exact) mass is 334 g/mol. The molecule has 1 aromatic rings. The first-order chi connectivity index (χ1) is 11.5. The zero-order valence-corrected chi connectivity index (χ0v) is 15.3. The molecule has 1 amide bonds. The second kappa shape index (κ2) is 8.92. The molecule has 2 rings (SSSR count). The lowest BCUT2D eigenvalue weighted by atomic mass is 9.86. The topological polar surface area (TPSA) is 50.8 Å². The third kappa shape index (κ3) is 4.87. The molecule has 5 heteroatoms. The molecule has 2 atom stereocenters. The van der Waals surface area contributed by atoms with Crippen molar-refractivity contribution in [2.75, 3.05) is 27.8 Å². The number of methoxy groups -OCH3 is 2. The number of likely N-dealkylation sites (N-methyl/N-ethyl adjacent to an activating group) is 1. The van der Waals surface area contributed by atoms with Crippen LogP contribution in [0.4, 0.5) is 0 Å². The SMILES string of the molecule is COc1cccc(CN(C)CC(=O)N[C@@H]2CCCC[C@@H]2C)c1OC. The molecule has 5 nitrogen and oxygen atoms in total. The maximum absolute atomic E-state index is 12.3. The van der Waals surface area contributed by atoms with Crippen molar-refractivity contribution in [3.8, 4) is 11.5 Å². The van der Waals surface area contributed by atoms with Gasteiger partial charge in [-0.2, -0.15) is 0 Å². The molecular weight excluding hydrogens is 304 g/mol. The van der Waals surface area contributed by atoms with Gasteiger partial charge in [0.15, 0.2) is 11.5 Å². The lowest BCUT2D eigenvalue weighted by molar-refractivity contribution is -0.123. The smallest absolute Gasteiger partial charge is 0.234 e. The summed E-state index contributed by atoms with van der Waals surface area (Å²) in [5.41, 5.74) is 1.01. The van der Waals surface area contributed by atoms with Gasteiger partial charge >= 0.3 is 0 Å². The molecule has 0 unspecified atom stereocenters. The van der Waals surface area contributed by atoms with Gasteiger partial charge in [-0.15, -0.1) is 0 Å². The fourth-order valence-electron chi connectivity index (χ4n) is 3.45. The minimum absolute atomic E-state index is 0.0955. The number of ether oxygens (including phenoxy) is 2. The van der Waals surface area contributed by atoms with Crippen molar-refractivity contribution in [2.24, 2.45) is 5.92 Å². The van der Waals surface area contributed by atoms with E-state index in [1.807, 2.05) is 30.1 Å². The van der Waals surface area contributed by atoms with Gasteiger partial charge < -0.3 is 14.8 Å². The second-order valence-electron chi connectivity index (χ2n) is 6.76. The first-order valence-electron chi connectivity index (χ1n) is 8.73. The molecule has 1 N–H and O–H groups in total. The fraction of sp³-hybridized carbons (Fsp3) is 0.632. The van der Waals surface area contributed by atoms with Crippen molar-refractivity contribution >= 4 is 5.91 Å². The highest BCUT2D eigenvalue weighted by Gasteiger charge is 2.23. The number of carbonyl (C=O) groups excluding carboxylic acids is 1. The van der Waals surface area contributed by atoms with E-state index in [9.17, 15) is 4.79 Å². The van der Waals surface area contributed by atoms with Crippen molar-refractivity contribution in [3.63, 3.8) is 0 Å². The van der Waals surface area contributed by atoms with Gasteiger partial charge in [-0.25, -0.2) is 0 Å². The Bertz CT molecular complexity index is 547. The van der Waals surface area contributed by atoms with Gasteiger partial charge in [-0.05, 0) is 31.9 Å². The van der Waals surface area contributed by atoms with Crippen LogP contribution in [0.3, 0.4) is 0 Å². The Labute approximate surface area is 145 Å². The van der Waals surface area contributed by atoms with Gasteiger partial charge in [0.25, 0.3) is 0 Å². The average Bonchev–Trinajstić information content (AvgIpc) is 2.56. The van der Waals surface area contributed by atoms with Gasteiger partial charge in [0.05, 0.1) is 20.8 Å². The molecule has 1 fully saturated rings. The molecule has 134 valence electrons. The quantitative estimate of drug-likeness (QED) is 0.833.